The standard InChI is InChI=1S/C25H28N4O2/c1-18-4-2-6-22(11-7-18)31-24-12-9-20(16-27-24)14-23(30)25-21(17-28-29-25)10-8-19-5-3-13-26-15-19/h3,5,8-10,12-13,15-18,22H,2,4,6-7,11,14H2,1H3,(H,28,29)/b10-8+. The van der Waals surface area contributed by atoms with Crippen LogP contribution in [0.1, 0.15) is 66.2 Å². The zero-order chi connectivity index (χ0) is 21.5. The second-order valence-corrected chi connectivity index (χ2v) is 8.27. The molecule has 0 radical (unpaired) electrons. The minimum Gasteiger partial charge on any atom is -0.474 e. The molecule has 2 unspecified atom stereocenters. The average Bonchev–Trinajstić information content (AvgIpc) is 3.17. The largest absolute Gasteiger partial charge is 0.474 e. The molecule has 3 aromatic rings. The normalized spacial score (nSPS) is 19.3. The summed E-state index contributed by atoms with van der Waals surface area (Å²) in [5, 5.41) is 6.94. The molecular formula is C25H28N4O2. The molecule has 4 rings (SSSR count). The first-order valence-electron chi connectivity index (χ1n) is 10.9. The fraction of sp³-hybridized carbons (Fsp3) is 0.360. The molecule has 0 aliphatic heterocycles. The van der Waals surface area contributed by atoms with E-state index in [1.54, 1.807) is 24.8 Å². The average molecular weight is 417 g/mol. The van der Waals surface area contributed by atoms with Gasteiger partial charge in [0.05, 0.1) is 0 Å². The molecule has 31 heavy (non-hydrogen) atoms. The Morgan fingerprint density at radius 1 is 1.16 bits per heavy atom. The predicted octanol–water partition coefficient (Wildman–Crippen LogP) is 5.14. The third kappa shape index (κ3) is 5.87. The van der Waals surface area contributed by atoms with Gasteiger partial charge < -0.3 is 4.74 Å². The van der Waals surface area contributed by atoms with Gasteiger partial charge in [0.25, 0.3) is 0 Å². The van der Waals surface area contributed by atoms with Crippen LogP contribution in [0.25, 0.3) is 12.2 Å². The number of nitrogens with one attached hydrogen (secondary N) is 1. The van der Waals surface area contributed by atoms with Gasteiger partial charge >= 0.3 is 0 Å². The Bertz CT molecular complexity index is 1010. The van der Waals surface area contributed by atoms with Gasteiger partial charge in [-0.1, -0.05) is 37.6 Å². The molecule has 3 heterocycles. The molecule has 6 heteroatoms. The van der Waals surface area contributed by atoms with Crippen LogP contribution in [0.15, 0.2) is 49.1 Å². The van der Waals surface area contributed by atoms with E-state index in [0.717, 1.165) is 35.4 Å². The number of carbonyl (C=O) groups excluding carboxylic acids is 1. The first-order chi connectivity index (χ1) is 15.2. The maximum absolute atomic E-state index is 12.8. The number of ketones is 1. The number of pyridine rings is 2. The van der Waals surface area contributed by atoms with Crippen LogP contribution in [0.3, 0.4) is 0 Å². The number of H-pyrrole nitrogens is 1. The number of carbonyl (C=O) groups is 1. The molecule has 3 aromatic heterocycles. The van der Waals surface area contributed by atoms with Crippen molar-refractivity contribution in [1.29, 1.82) is 0 Å². The van der Waals surface area contributed by atoms with Crippen molar-refractivity contribution in [2.75, 3.05) is 0 Å². The highest BCUT2D eigenvalue weighted by Gasteiger charge is 2.18. The Kier molecular flexibility index (Phi) is 6.87. The quantitative estimate of drug-likeness (QED) is 0.426. The summed E-state index contributed by atoms with van der Waals surface area (Å²) >= 11 is 0. The van der Waals surface area contributed by atoms with Gasteiger partial charge in [-0.15, -0.1) is 0 Å². The van der Waals surface area contributed by atoms with Crippen LogP contribution >= 0.6 is 0 Å². The van der Waals surface area contributed by atoms with Crippen LogP contribution in [-0.2, 0) is 6.42 Å². The Hall–Kier alpha value is -3.28. The van der Waals surface area contributed by atoms with Gasteiger partial charge in [0.1, 0.15) is 11.8 Å². The zero-order valence-corrected chi connectivity index (χ0v) is 17.8. The van der Waals surface area contributed by atoms with E-state index in [9.17, 15) is 4.79 Å². The molecule has 1 N–H and O–H groups in total. The fourth-order valence-corrected chi connectivity index (χ4v) is 3.91. The summed E-state index contributed by atoms with van der Waals surface area (Å²) in [7, 11) is 0. The fourth-order valence-electron chi connectivity index (χ4n) is 3.91. The van der Waals surface area contributed by atoms with Crippen LogP contribution in [0.4, 0.5) is 0 Å². The first kappa shape index (κ1) is 21.0. The molecule has 1 fully saturated rings. The number of nitrogens with zero attached hydrogens (tertiary/aromatic N) is 3. The van der Waals surface area contributed by atoms with Crippen LogP contribution in [0.2, 0.25) is 0 Å². The highest BCUT2D eigenvalue weighted by Crippen LogP contribution is 2.25. The number of aromatic amines is 1. The van der Waals surface area contributed by atoms with Gasteiger partial charge in [-0.05, 0) is 48.8 Å². The second kappa shape index (κ2) is 10.2. The van der Waals surface area contributed by atoms with Gasteiger partial charge in [0, 0.05) is 42.8 Å². The summed E-state index contributed by atoms with van der Waals surface area (Å²) in [6, 6.07) is 7.61. The van der Waals surface area contributed by atoms with Gasteiger partial charge in [-0.3, -0.25) is 14.9 Å². The number of hydrogen-bond donors (Lipinski definition) is 1. The zero-order valence-electron chi connectivity index (χ0n) is 17.8. The van der Waals surface area contributed by atoms with Crippen molar-refractivity contribution in [1.82, 2.24) is 20.2 Å². The lowest BCUT2D eigenvalue weighted by Crippen LogP contribution is -2.16. The maximum atomic E-state index is 12.8. The molecule has 1 aliphatic carbocycles. The third-order valence-electron chi connectivity index (χ3n) is 5.73. The lowest BCUT2D eigenvalue weighted by molar-refractivity contribution is 0.0987. The molecule has 160 valence electrons. The van der Waals surface area contributed by atoms with E-state index in [2.05, 4.69) is 27.1 Å². The molecule has 0 spiro atoms. The van der Waals surface area contributed by atoms with E-state index < -0.39 is 0 Å². The Labute approximate surface area is 182 Å². The van der Waals surface area contributed by atoms with Crippen molar-refractivity contribution in [3.8, 4) is 5.88 Å². The smallest absolute Gasteiger partial charge is 0.213 e. The Balaban J connectivity index is 1.36. The molecular weight excluding hydrogens is 388 g/mol. The maximum Gasteiger partial charge on any atom is 0.213 e. The number of hydrogen-bond acceptors (Lipinski definition) is 5. The van der Waals surface area contributed by atoms with Crippen LogP contribution < -0.4 is 4.74 Å². The molecule has 0 amide bonds. The topological polar surface area (TPSA) is 80.8 Å². The summed E-state index contributed by atoms with van der Waals surface area (Å²) in [5.41, 5.74) is 2.99. The summed E-state index contributed by atoms with van der Waals surface area (Å²) < 4.78 is 6.08. The van der Waals surface area contributed by atoms with Crippen molar-refractivity contribution in [2.24, 2.45) is 5.92 Å². The van der Waals surface area contributed by atoms with E-state index in [4.69, 9.17) is 4.74 Å². The van der Waals surface area contributed by atoms with Gasteiger partial charge in [-0.25, -0.2) is 4.98 Å². The van der Waals surface area contributed by atoms with Crippen molar-refractivity contribution >= 4 is 17.9 Å². The first-order valence-corrected chi connectivity index (χ1v) is 10.9. The van der Waals surface area contributed by atoms with E-state index in [1.165, 1.54) is 19.3 Å². The minimum absolute atomic E-state index is 0.0553. The number of ether oxygens (including phenoxy) is 1. The molecule has 0 saturated heterocycles. The highest BCUT2D eigenvalue weighted by atomic mass is 16.5. The predicted molar refractivity (Wildman–Crippen MR) is 121 cm³/mol. The van der Waals surface area contributed by atoms with E-state index in [1.807, 2.05) is 36.4 Å². The van der Waals surface area contributed by atoms with E-state index >= 15 is 0 Å². The van der Waals surface area contributed by atoms with E-state index in [0.29, 0.717) is 11.6 Å². The second-order valence-electron chi connectivity index (χ2n) is 8.27. The third-order valence-corrected chi connectivity index (χ3v) is 5.73. The molecule has 1 aliphatic rings. The van der Waals surface area contributed by atoms with Crippen LogP contribution in [0, 0.1) is 5.92 Å². The van der Waals surface area contributed by atoms with Crippen molar-refractivity contribution in [2.45, 2.75) is 51.6 Å². The Morgan fingerprint density at radius 3 is 2.90 bits per heavy atom. The van der Waals surface area contributed by atoms with Crippen molar-refractivity contribution < 1.29 is 9.53 Å². The number of Topliss-reactive ketones (excluding diaryl/α,β-unsaturated/α-hetero) is 1. The molecule has 0 aromatic carbocycles. The number of aromatic nitrogens is 4. The molecule has 1 saturated carbocycles. The minimum atomic E-state index is -0.0553. The summed E-state index contributed by atoms with van der Waals surface area (Å²) in [6.45, 7) is 2.31. The van der Waals surface area contributed by atoms with Gasteiger partial charge in [0.2, 0.25) is 5.88 Å². The summed E-state index contributed by atoms with van der Waals surface area (Å²) in [5.74, 6) is 1.36. The molecule has 6 nitrogen and oxygen atoms in total. The summed E-state index contributed by atoms with van der Waals surface area (Å²) in [4.78, 5) is 21.3. The van der Waals surface area contributed by atoms with Crippen molar-refractivity contribution in [3.05, 3.63) is 71.4 Å². The molecule has 0 bridgehead atoms. The Morgan fingerprint density at radius 2 is 2.10 bits per heavy atom. The van der Waals surface area contributed by atoms with Crippen LogP contribution in [0.5, 0.6) is 5.88 Å². The monoisotopic (exact) mass is 416 g/mol. The lowest BCUT2D eigenvalue weighted by Gasteiger charge is -2.16. The van der Waals surface area contributed by atoms with Gasteiger partial charge in [-0.2, -0.15) is 5.10 Å². The van der Waals surface area contributed by atoms with Crippen LogP contribution in [-0.4, -0.2) is 32.1 Å². The molecule has 2 atom stereocenters. The number of rotatable bonds is 7. The lowest BCUT2D eigenvalue weighted by atomic mass is 10.0. The van der Waals surface area contributed by atoms with Gasteiger partial charge in [0.15, 0.2) is 5.78 Å². The van der Waals surface area contributed by atoms with E-state index in [-0.39, 0.29) is 18.3 Å². The SMILES string of the molecule is CC1CCCC(Oc2ccc(CC(=O)c3n[nH]cc3/C=C/c3cccnc3)cn2)CC1. The summed E-state index contributed by atoms with van der Waals surface area (Å²) in [6.07, 6.45) is 17.1. The van der Waals surface area contributed by atoms with Crippen molar-refractivity contribution in [3.63, 3.8) is 0 Å². The highest BCUT2D eigenvalue weighted by molar-refractivity contribution is 5.99.